The zero-order chi connectivity index (χ0) is 22.1. The lowest BCUT2D eigenvalue weighted by atomic mass is 10.2. The summed E-state index contributed by atoms with van der Waals surface area (Å²) in [7, 11) is 0. The molecule has 31 heavy (non-hydrogen) atoms. The molecule has 0 bridgehead atoms. The first-order valence-corrected chi connectivity index (χ1v) is 10.1. The molecule has 0 saturated carbocycles. The zero-order valence-electron chi connectivity index (χ0n) is 15.9. The highest BCUT2D eigenvalue weighted by Gasteiger charge is 2.19. The summed E-state index contributed by atoms with van der Waals surface area (Å²) in [6.07, 6.45) is 0. The van der Waals surface area contributed by atoms with Gasteiger partial charge in [0.05, 0.1) is 16.3 Å². The Hall–Kier alpha value is -3.63. The highest BCUT2D eigenvalue weighted by Crippen LogP contribution is 2.28. The van der Waals surface area contributed by atoms with E-state index in [0.717, 1.165) is 11.6 Å². The first kappa shape index (κ1) is 20.6. The van der Waals surface area contributed by atoms with Gasteiger partial charge in [-0.3, -0.25) is 14.9 Å². The summed E-state index contributed by atoms with van der Waals surface area (Å²) in [5.41, 5.74) is 1.73. The lowest BCUT2D eigenvalue weighted by Crippen LogP contribution is -2.15. The molecule has 0 spiro atoms. The fourth-order valence-corrected chi connectivity index (χ4v) is 3.81. The maximum atomic E-state index is 13.2. The maximum absolute atomic E-state index is 13.2. The molecule has 4 aromatic rings. The highest BCUT2D eigenvalue weighted by atomic mass is 35.5. The van der Waals surface area contributed by atoms with Gasteiger partial charge in [0.2, 0.25) is 5.13 Å². The van der Waals surface area contributed by atoms with Crippen LogP contribution in [-0.4, -0.2) is 25.6 Å². The van der Waals surface area contributed by atoms with Crippen molar-refractivity contribution in [2.75, 3.05) is 5.32 Å². The van der Waals surface area contributed by atoms with E-state index >= 15 is 0 Å². The molecule has 1 amide bonds. The van der Waals surface area contributed by atoms with Crippen LogP contribution >= 0.6 is 22.9 Å². The molecule has 0 atom stereocenters. The standard InChI is InChI=1S/C20H13ClFN5O3S/c1-11-8-18(24-19(28)13-4-7-15(21)17(9-13)27(29)30)26(25-11)20-23-16(10-31-20)12-2-5-14(22)6-3-12/h2-10H,1H3,(H,24,28). The molecule has 2 heterocycles. The lowest BCUT2D eigenvalue weighted by Gasteiger charge is -2.07. The van der Waals surface area contributed by atoms with E-state index in [2.05, 4.69) is 15.4 Å². The van der Waals surface area contributed by atoms with Crippen molar-refractivity contribution >= 4 is 40.4 Å². The van der Waals surface area contributed by atoms with Crippen molar-refractivity contribution in [3.63, 3.8) is 0 Å². The van der Waals surface area contributed by atoms with Gasteiger partial charge < -0.3 is 5.32 Å². The molecule has 11 heteroatoms. The average molecular weight is 458 g/mol. The number of thiazole rings is 1. The van der Waals surface area contributed by atoms with Crippen molar-refractivity contribution < 1.29 is 14.1 Å². The molecule has 0 fully saturated rings. The summed E-state index contributed by atoms with van der Waals surface area (Å²) in [5, 5.41) is 20.4. The third-order valence-corrected chi connectivity index (χ3v) is 5.43. The zero-order valence-corrected chi connectivity index (χ0v) is 17.4. The van der Waals surface area contributed by atoms with Gasteiger partial charge in [-0.1, -0.05) is 11.6 Å². The molecule has 0 saturated heterocycles. The van der Waals surface area contributed by atoms with E-state index in [1.807, 2.05) is 0 Å². The van der Waals surface area contributed by atoms with Gasteiger partial charge in [0.15, 0.2) is 0 Å². The van der Waals surface area contributed by atoms with Crippen molar-refractivity contribution in [2.24, 2.45) is 0 Å². The summed E-state index contributed by atoms with van der Waals surface area (Å²) in [6, 6.07) is 11.4. The molecule has 0 unspecified atom stereocenters. The van der Waals surface area contributed by atoms with E-state index in [4.69, 9.17) is 11.6 Å². The van der Waals surface area contributed by atoms with E-state index in [1.54, 1.807) is 30.5 Å². The van der Waals surface area contributed by atoms with Gasteiger partial charge in [-0.15, -0.1) is 11.3 Å². The maximum Gasteiger partial charge on any atom is 0.288 e. The Morgan fingerprint density at radius 2 is 1.97 bits per heavy atom. The number of nitro groups is 1. The molecule has 8 nitrogen and oxygen atoms in total. The predicted octanol–water partition coefficient (Wildman–Crippen LogP) is 5.26. The van der Waals surface area contributed by atoms with Crippen LogP contribution < -0.4 is 5.32 Å². The molecular weight excluding hydrogens is 445 g/mol. The van der Waals surface area contributed by atoms with E-state index in [0.29, 0.717) is 22.3 Å². The number of rotatable bonds is 5. The quantitative estimate of drug-likeness (QED) is 0.325. The highest BCUT2D eigenvalue weighted by molar-refractivity contribution is 7.12. The van der Waals surface area contributed by atoms with E-state index in [1.165, 1.54) is 40.3 Å². The Labute approximate surface area is 184 Å². The summed E-state index contributed by atoms with van der Waals surface area (Å²) < 4.78 is 14.6. The third-order valence-electron chi connectivity index (χ3n) is 4.29. The van der Waals surface area contributed by atoms with Gasteiger partial charge in [-0.05, 0) is 43.3 Å². The molecule has 0 aliphatic heterocycles. The summed E-state index contributed by atoms with van der Waals surface area (Å²) in [5.74, 6) is -0.550. The summed E-state index contributed by atoms with van der Waals surface area (Å²) >= 11 is 7.11. The van der Waals surface area contributed by atoms with E-state index in [9.17, 15) is 19.3 Å². The average Bonchev–Trinajstić information content (AvgIpc) is 3.35. The van der Waals surface area contributed by atoms with Crippen LogP contribution in [0.2, 0.25) is 5.02 Å². The lowest BCUT2D eigenvalue weighted by molar-refractivity contribution is -0.384. The smallest absolute Gasteiger partial charge is 0.288 e. The van der Waals surface area contributed by atoms with Gasteiger partial charge in [0.1, 0.15) is 16.7 Å². The normalized spacial score (nSPS) is 10.8. The van der Waals surface area contributed by atoms with Crippen LogP contribution in [0.4, 0.5) is 15.9 Å². The molecular formula is C20H13ClFN5O3S. The largest absolute Gasteiger partial charge is 0.306 e. The number of hydrogen-bond acceptors (Lipinski definition) is 6. The number of nitro benzene ring substituents is 1. The van der Waals surface area contributed by atoms with Crippen LogP contribution in [0.25, 0.3) is 16.4 Å². The number of aromatic nitrogens is 3. The SMILES string of the molecule is Cc1cc(NC(=O)c2ccc(Cl)c([N+](=O)[O-])c2)n(-c2nc(-c3ccc(F)cc3)cs2)n1. The number of carbonyl (C=O) groups excluding carboxylic acids is 1. The van der Waals surface area contributed by atoms with Crippen molar-refractivity contribution in [3.05, 3.63) is 86.1 Å². The second kappa shape index (κ2) is 8.25. The van der Waals surface area contributed by atoms with Gasteiger partial charge in [-0.25, -0.2) is 9.37 Å². The first-order chi connectivity index (χ1) is 14.8. The van der Waals surface area contributed by atoms with E-state index in [-0.39, 0.29) is 22.1 Å². The molecule has 1 N–H and O–H groups in total. The van der Waals surface area contributed by atoms with Gasteiger partial charge in [-0.2, -0.15) is 9.78 Å². The Balaban J connectivity index is 1.63. The second-order valence-corrected chi connectivity index (χ2v) is 7.73. The molecule has 4 rings (SSSR count). The number of halogens is 2. The fraction of sp³-hybridized carbons (Fsp3) is 0.0500. The topological polar surface area (TPSA) is 103 Å². The van der Waals surface area contributed by atoms with Gasteiger partial charge in [0.25, 0.3) is 11.6 Å². The van der Waals surface area contributed by atoms with Crippen LogP contribution in [-0.2, 0) is 0 Å². The van der Waals surface area contributed by atoms with E-state index < -0.39 is 10.8 Å². The second-order valence-electron chi connectivity index (χ2n) is 6.48. The van der Waals surface area contributed by atoms with Crippen molar-refractivity contribution in [3.8, 4) is 16.4 Å². The fourth-order valence-electron chi connectivity index (χ4n) is 2.83. The number of aryl methyl sites for hydroxylation is 1. The molecule has 0 aliphatic carbocycles. The van der Waals surface area contributed by atoms with Crippen LogP contribution in [0.15, 0.2) is 53.9 Å². The summed E-state index contributed by atoms with van der Waals surface area (Å²) in [6.45, 7) is 1.76. The van der Waals surface area contributed by atoms with Crippen LogP contribution in [0.1, 0.15) is 16.1 Å². The molecule has 156 valence electrons. The van der Waals surface area contributed by atoms with Gasteiger partial charge in [0, 0.05) is 28.6 Å². The Morgan fingerprint density at radius 3 is 2.68 bits per heavy atom. The molecule has 0 aliphatic rings. The third kappa shape index (κ3) is 4.30. The van der Waals surface area contributed by atoms with Crippen LogP contribution in [0, 0.1) is 22.9 Å². The monoisotopic (exact) mass is 457 g/mol. The number of benzene rings is 2. The number of hydrogen-bond donors (Lipinski definition) is 1. The Bertz CT molecular complexity index is 1300. The van der Waals surface area contributed by atoms with Crippen LogP contribution in [0.3, 0.4) is 0 Å². The van der Waals surface area contributed by atoms with Gasteiger partial charge >= 0.3 is 0 Å². The Morgan fingerprint density at radius 1 is 1.23 bits per heavy atom. The summed E-state index contributed by atoms with van der Waals surface area (Å²) in [4.78, 5) is 27.6. The predicted molar refractivity (Wildman–Crippen MR) is 115 cm³/mol. The minimum atomic E-state index is -0.653. The number of amides is 1. The molecule has 2 aromatic heterocycles. The Kier molecular flexibility index (Phi) is 5.49. The molecule has 0 radical (unpaired) electrons. The minimum Gasteiger partial charge on any atom is -0.306 e. The van der Waals surface area contributed by atoms with Crippen molar-refractivity contribution in [1.29, 1.82) is 0 Å². The molecule has 2 aromatic carbocycles. The number of nitrogens with zero attached hydrogens (tertiary/aromatic N) is 4. The number of nitrogens with one attached hydrogen (secondary N) is 1. The van der Waals surface area contributed by atoms with Crippen molar-refractivity contribution in [2.45, 2.75) is 6.92 Å². The number of anilines is 1. The first-order valence-electron chi connectivity index (χ1n) is 8.85. The number of carbonyl (C=O) groups is 1. The van der Waals surface area contributed by atoms with Crippen molar-refractivity contribution in [1.82, 2.24) is 14.8 Å². The van der Waals surface area contributed by atoms with Crippen LogP contribution in [0.5, 0.6) is 0 Å². The minimum absolute atomic E-state index is 0.0569.